The van der Waals surface area contributed by atoms with Crippen molar-refractivity contribution in [2.45, 2.75) is 0 Å². The second-order valence-corrected chi connectivity index (χ2v) is 6.11. The number of carbonyl (C=O) groups is 1. The summed E-state index contributed by atoms with van der Waals surface area (Å²) < 4.78 is 0. The number of nitrogens with two attached hydrogens (primary N) is 2. The normalized spacial score (nSPS) is 10.8. The minimum atomic E-state index is -0.445. The van der Waals surface area contributed by atoms with E-state index in [0.29, 0.717) is 5.56 Å². The Morgan fingerprint density at radius 3 is 2.04 bits per heavy atom. The van der Waals surface area contributed by atoms with Crippen LogP contribution in [-0.4, -0.2) is 11.9 Å². The zero-order chi connectivity index (χ0) is 18.1. The van der Waals surface area contributed by atoms with Crippen LogP contribution in [0.5, 0.6) is 0 Å². The highest BCUT2D eigenvalue weighted by Crippen LogP contribution is 2.34. The van der Waals surface area contributed by atoms with Crippen molar-refractivity contribution in [2.75, 3.05) is 0 Å². The van der Waals surface area contributed by atoms with Crippen LogP contribution in [0.25, 0.3) is 32.7 Å². The van der Waals surface area contributed by atoms with Crippen LogP contribution in [0, 0.1) is 0 Å². The number of nitrogens with zero attached hydrogens (tertiary/aromatic N) is 1. The molecule has 0 heterocycles. The number of benzene rings is 4. The molecule has 0 radical (unpaired) electrons. The topological polar surface area (TPSA) is 81.5 Å². The van der Waals surface area contributed by atoms with Gasteiger partial charge in [-0.05, 0) is 44.8 Å². The SMILES string of the molecule is NC(N)=NC(=O)c1ccc2cccc(-c3cccc4ccccc34)c2c1. The second kappa shape index (κ2) is 6.33. The van der Waals surface area contributed by atoms with Gasteiger partial charge in [-0.1, -0.05) is 66.7 Å². The van der Waals surface area contributed by atoms with Crippen molar-refractivity contribution in [3.05, 3.63) is 84.4 Å². The molecule has 0 aliphatic carbocycles. The lowest BCUT2D eigenvalue weighted by molar-refractivity contribution is 0.100. The fourth-order valence-electron chi connectivity index (χ4n) is 3.28. The largest absolute Gasteiger partial charge is 0.370 e. The van der Waals surface area contributed by atoms with Crippen molar-refractivity contribution in [2.24, 2.45) is 16.5 Å². The summed E-state index contributed by atoms with van der Waals surface area (Å²) in [4.78, 5) is 15.9. The molecule has 1 amide bonds. The molecular weight excluding hydrogens is 322 g/mol. The van der Waals surface area contributed by atoms with Crippen LogP contribution in [-0.2, 0) is 0 Å². The summed E-state index contributed by atoms with van der Waals surface area (Å²) >= 11 is 0. The van der Waals surface area contributed by atoms with Crippen molar-refractivity contribution < 1.29 is 4.79 Å². The van der Waals surface area contributed by atoms with E-state index < -0.39 is 5.91 Å². The fraction of sp³-hybridized carbons (Fsp3) is 0. The van der Waals surface area contributed by atoms with E-state index in [9.17, 15) is 4.79 Å². The Hall–Kier alpha value is -3.66. The minimum absolute atomic E-state index is 0.238. The number of hydrogen-bond donors (Lipinski definition) is 2. The maximum absolute atomic E-state index is 12.2. The van der Waals surface area contributed by atoms with Gasteiger partial charge in [0.1, 0.15) is 0 Å². The van der Waals surface area contributed by atoms with E-state index in [4.69, 9.17) is 11.5 Å². The van der Waals surface area contributed by atoms with Crippen LogP contribution < -0.4 is 11.5 Å². The molecule has 0 aliphatic rings. The lowest BCUT2D eigenvalue weighted by Crippen LogP contribution is -2.24. The van der Waals surface area contributed by atoms with Crippen molar-refractivity contribution in [1.82, 2.24) is 0 Å². The number of carbonyl (C=O) groups excluding carboxylic acids is 1. The number of aliphatic imine (C=N–C) groups is 1. The molecule has 0 spiro atoms. The second-order valence-electron chi connectivity index (χ2n) is 6.11. The summed E-state index contributed by atoms with van der Waals surface area (Å²) in [5.74, 6) is -0.683. The maximum Gasteiger partial charge on any atom is 0.280 e. The Bertz CT molecular complexity index is 1170. The molecule has 26 heavy (non-hydrogen) atoms. The van der Waals surface area contributed by atoms with Gasteiger partial charge in [0.2, 0.25) is 0 Å². The molecule has 126 valence electrons. The Balaban J connectivity index is 1.98. The minimum Gasteiger partial charge on any atom is -0.370 e. The Morgan fingerprint density at radius 2 is 1.31 bits per heavy atom. The standard InChI is InChI=1S/C22H17N3O/c23-22(24)25-21(26)16-12-11-15-7-4-10-19(20(15)13-16)18-9-3-6-14-5-1-2-8-17(14)18/h1-13H,(H4,23,24,25,26). The predicted molar refractivity (Wildman–Crippen MR) is 107 cm³/mol. The zero-order valence-corrected chi connectivity index (χ0v) is 14.0. The molecule has 4 N–H and O–H groups in total. The summed E-state index contributed by atoms with van der Waals surface area (Å²) in [7, 11) is 0. The van der Waals surface area contributed by atoms with Crippen molar-refractivity contribution >= 4 is 33.4 Å². The van der Waals surface area contributed by atoms with Gasteiger partial charge in [0.25, 0.3) is 5.91 Å². The van der Waals surface area contributed by atoms with E-state index in [2.05, 4.69) is 35.3 Å². The Morgan fingerprint density at radius 1 is 0.692 bits per heavy atom. The smallest absolute Gasteiger partial charge is 0.280 e. The Labute approximate surface area is 150 Å². The summed E-state index contributed by atoms with van der Waals surface area (Å²) in [5.41, 5.74) is 13.3. The van der Waals surface area contributed by atoms with Gasteiger partial charge in [0.05, 0.1) is 0 Å². The van der Waals surface area contributed by atoms with E-state index in [1.165, 1.54) is 10.8 Å². The van der Waals surface area contributed by atoms with Gasteiger partial charge in [-0.2, -0.15) is 4.99 Å². The maximum atomic E-state index is 12.2. The molecule has 0 unspecified atom stereocenters. The first-order valence-electron chi connectivity index (χ1n) is 8.28. The molecule has 0 fully saturated rings. The number of fused-ring (bicyclic) bond motifs is 2. The van der Waals surface area contributed by atoms with Crippen LogP contribution >= 0.6 is 0 Å². The van der Waals surface area contributed by atoms with Gasteiger partial charge in [0, 0.05) is 5.56 Å². The molecule has 0 bridgehead atoms. The summed E-state index contributed by atoms with van der Waals surface area (Å²) in [6, 6.07) is 26.1. The molecule has 0 aliphatic heterocycles. The third-order valence-electron chi connectivity index (χ3n) is 4.44. The van der Waals surface area contributed by atoms with Crippen LogP contribution in [0.2, 0.25) is 0 Å². The van der Waals surface area contributed by atoms with Crippen LogP contribution in [0.15, 0.2) is 83.9 Å². The average Bonchev–Trinajstić information content (AvgIpc) is 2.66. The molecule has 4 aromatic carbocycles. The van der Waals surface area contributed by atoms with E-state index in [-0.39, 0.29) is 5.96 Å². The number of rotatable bonds is 2. The highest BCUT2D eigenvalue weighted by molar-refractivity contribution is 6.09. The molecule has 4 aromatic rings. The Kier molecular flexibility index (Phi) is 3.86. The van der Waals surface area contributed by atoms with Crippen LogP contribution in [0.4, 0.5) is 0 Å². The zero-order valence-electron chi connectivity index (χ0n) is 14.0. The fourth-order valence-corrected chi connectivity index (χ4v) is 3.28. The monoisotopic (exact) mass is 339 g/mol. The van der Waals surface area contributed by atoms with Gasteiger partial charge in [-0.25, -0.2) is 0 Å². The van der Waals surface area contributed by atoms with E-state index >= 15 is 0 Å². The van der Waals surface area contributed by atoms with Gasteiger partial charge in [-0.15, -0.1) is 0 Å². The molecule has 4 nitrogen and oxygen atoms in total. The number of guanidine groups is 1. The van der Waals surface area contributed by atoms with Gasteiger partial charge < -0.3 is 11.5 Å². The first kappa shape index (κ1) is 15.8. The lowest BCUT2D eigenvalue weighted by Gasteiger charge is -2.11. The quantitative estimate of drug-likeness (QED) is 0.426. The molecule has 0 aromatic heterocycles. The lowest BCUT2D eigenvalue weighted by atomic mass is 9.93. The molecule has 0 saturated heterocycles. The highest BCUT2D eigenvalue weighted by Gasteiger charge is 2.11. The predicted octanol–water partition coefficient (Wildman–Crippen LogP) is 4.07. The summed E-state index contributed by atoms with van der Waals surface area (Å²) in [6.07, 6.45) is 0. The molecule has 4 rings (SSSR count). The van der Waals surface area contributed by atoms with Crippen molar-refractivity contribution in [3.63, 3.8) is 0 Å². The third-order valence-corrected chi connectivity index (χ3v) is 4.44. The third kappa shape index (κ3) is 2.78. The summed E-state index contributed by atoms with van der Waals surface area (Å²) in [5, 5.41) is 4.38. The molecule has 4 heteroatoms. The highest BCUT2D eigenvalue weighted by atomic mass is 16.1. The average molecular weight is 339 g/mol. The first-order valence-corrected chi connectivity index (χ1v) is 8.28. The van der Waals surface area contributed by atoms with Crippen molar-refractivity contribution in [1.29, 1.82) is 0 Å². The van der Waals surface area contributed by atoms with Crippen LogP contribution in [0.3, 0.4) is 0 Å². The molecule has 0 atom stereocenters. The molecule has 0 saturated carbocycles. The van der Waals surface area contributed by atoms with Gasteiger partial charge in [0.15, 0.2) is 5.96 Å². The van der Waals surface area contributed by atoms with E-state index in [0.717, 1.165) is 21.9 Å². The number of amides is 1. The van der Waals surface area contributed by atoms with E-state index in [1.54, 1.807) is 6.07 Å². The van der Waals surface area contributed by atoms with E-state index in [1.807, 2.05) is 42.5 Å². The number of hydrogen-bond acceptors (Lipinski definition) is 1. The summed E-state index contributed by atoms with van der Waals surface area (Å²) in [6.45, 7) is 0. The molecular formula is C22H17N3O. The van der Waals surface area contributed by atoms with Crippen molar-refractivity contribution in [3.8, 4) is 11.1 Å². The van der Waals surface area contributed by atoms with Gasteiger partial charge in [-0.3, -0.25) is 4.79 Å². The first-order chi connectivity index (χ1) is 12.6. The van der Waals surface area contributed by atoms with Crippen LogP contribution in [0.1, 0.15) is 10.4 Å². The van der Waals surface area contributed by atoms with Gasteiger partial charge >= 0.3 is 0 Å².